The summed E-state index contributed by atoms with van der Waals surface area (Å²) in [5.41, 5.74) is 0. The lowest BCUT2D eigenvalue weighted by Gasteiger charge is -2.26. The number of hydrogen-bond donors (Lipinski definition) is 2. The number of hydrogen-bond acceptors (Lipinski definition) is 3. The molecular weight excluding hydrogens is 178 g/mol. The Balaban J connectivity index is 2.04. The molecule has 0 radical (unpaired) electrons. The molecule has 0 spiro atoms. The van der Waals surface area contributed by atoms with Crippen molar-refractivity contribution in [3.63, 3.8) is 0 Å². The van der Waals surface area contributed by atoms with E-state index < -0.39 is 0 Å². The van der Waals surface area contributed by atoms with Crippen molar-refractivity contribution in [3.05, 3.63) is 0 Å². The molecule has 3 heteroatoms. The fraction of sp³-hybridized carbons (Fsp3) is 1.00. The molecule has 0 aromatic heterocycles. The van der Waals surface area contributed by atoms with Crippen molar-refractivity contribution < 1.29 is 9.84 Å². The van der Waals surface area contributed by atoms with Crippen LogP contribution in [0.3, 0.4) is 0 Å². The van der Waals surface area contributed by atoms with Crippen molar-refractivity contribution in [2.24, 2.45) is 5.92 Å². The minimum absolute atomic E-state index is 0.160. The fourth-order valence-corrected chi connectivity index (χ4v) is 2.11. The van der Waals surface area contributed by atoms with Crippen LogP contribution in [0.5, 0.6) is 0 Å². The highest BCUT2D eigenvalue weighted by Crippen LogP contribution is 2.26. The van der Waals surface area contributed by atoms with E-state index >= 15 is 0 Å². The van der Waals surface area contributed by atoms with Gasteiger partial charge in [0.2, 0.25) is 0 Å². The van der Waals surface area contributed by atoms with Crippen LogP contribution in [-0.2, 0) is 4.74 Å². The van der Waals surface area contributed by atoms with Gasteiger partial charge in [-0.3, -0.25) is 0 Å². The monoisotopic (exact) mass is 201 g/mol. The molecule has 0 aliphatic heterocycles. The maximum atomic E-state index is 9.87. The van der Waals surface area contributed by atoms with Gasteiger partial charge in [-0.1, -0.05) is 19.3 Å². The van der Waals surface area contributed by atoms with Gasteiger partial charge in [-0.2, -0.15) is 0 Å². The van der Waals surface area contributed by atoms with Crippen LogP contribution in [0.4, 0.5) is 0 Å². The molecule has 3 nitrogen and oxygen atoms in total. The number of aliphatic hydroxyl groups excluding tert-OH is 1. The van der Waals surface area contributed by atoms with Crippen molar-refractivity contribution in [1.29, 1.82) is 0 Å². The first-order valence-corrected chi connectivity index (χ1v) is 5.72. The maximum Gasteiger partial charge on any atom is 0.0692 e. The summed E-state index contributed by atoms with van der Waals surface area (Å²) in [5.74, 6) is 0.527. The number of aliphatic hydroxyl groups is 1. The van der Waals surface area contributed by atoms with Crippen LogP contribution < -0.4 is 5.32 Å². The third-order valence-corrected chi connectivity index (χ3v) is 3.03. The third-order valence-electron chi connectivity index (χ3n) is 3.03. The van der Waals surface area contributed by atoms with Crippen LogP contribution in [0.2, 0.25) is 0 Å². The topological polar surface area (TPSA) is 41.5 Å². The summed E-state index contributed by atoms with van der Waals surface area (Å²) < 4.78 is 4.92. The lowest BCUT2D eigenvalue weighted by Crippen LogP contribution is -2.35. The molecule has 84 valence electrons. The van der Waals surface area contributed by atoms with Crippen LogP contribution >= 0.6 is 0 Å². The van der Waals surface area contributed by atoms with E-state index in [1.807, 2.05) is 0 Å². The smallest absolute Gasteiger partial charge is 0.0692 e. The quantitative estimate of drug-likeness (QED) is 0.634. The lowest BCUT2D eigenvalue weighted by atomic mass is 9.85. The molecule has 0 aromatic rings. The predicted octanol–water partition coefficient (Wildman–Crippen LogP) is 1.16. The second kappa shape index (κ2) is 7.21. The van der Waals surface area contributed by atoms with Crippen LogP contribution in [0, 0.1) is 5.92 Å². The van der Waals surface area contributed by atoms with Gasteiger partial charge in [0.25, 0.3) is 0 Å². The summed E-state index contributed by atoms with van der Waals surface area (Å²) in [6, 6.07) is 0. The Kier molecular flexibility index (Phi) is 6.15. The molecule has 1 unspecified atom stereocenters. The Bertz CT molecular complexity index is 135. The number of rotatable bonds is 6. The van der Waals surface area contributed by atoms with Crippen molar-refractivity contribution in [3.8, 4) is 0 Å². The number of methoxy groups -OCH3 is 1. The normalized spacial score (nSPS) is 21.0. The second-order valence-corrected chi connectivity index (χ2v) is 4.16. The van der Waals surface area contributed by atoms with Gasteiger partial charge in [0.15, 0.2) is 0 Å². The van der Waals surface area contributed by atoms with E-state index in [9.17, 15) is 5.11 Å². The Morgan fingerprint density at radius 1 is 1.36 bits per heavy atom. The SMILES string of the molecule is COCCNCC(O)C1CCCCC1. The van der Waals surface area contributed by atoms with Crippen molar-refractivity contribution in [2.45, 2.75) is 38.2 Å². The molecule has 1 fully saturated rings. The average Bonchev–Trinajstić information content (AvgIpc) is 2.25. The molecule has 0 amide bonds. The summed E-state index contributed by atoms with van der Waals surface area (Å²) in [6.45, 7) is 2.27. The van der Waals surface area contributed by atoms with Crippen LogP contribution in [0.1, 0.15) is 32.1 Å². The predicted molar refractivity (Wildman–Crippen MR) is 57.3 cm³/mol. The molecule has 1 aliphatic rings. The minimum atomic E-state index is -0.160. The summed E-state index contributed by atoms with van der Waals surface area (Å²) in [4.78, 5) is 0. The largest absolute Gasteiger partial charge is 0.392 e. The molecule has 1 saturated carbocycles. The zero-order valence-corrected chi connectivity index (χ0v) is 9.17. The van der Waals surface area contributed by atoms with Crippen LogP contribution in [0.25, 0.3) is 0 Å². The van der Waals surface area contributed by atoms with Gasteiger partial charge in [0, 0.05) is 20.2 Å². The third kappa shape index (κ3) is 4.40. The minimum Gasteiger partial charge on any atom is -0.392 e. The summed E-state index contributed by atoms with van der Waals surface area (Å²) >= 11 is 0. The Morgan fingerprint density at radius 3 is 2.71 bits per heavy atom. The molecular formula is C11H23NO2. The lowest BCUT2D eigenvalue weighted by molar-refractivity contribution is 0.0819. The molecule has 2 N–H and O–H groups in total. The van der Waals surface area contributed by atoms with Gasteiger partial charge in [0.1, 0.15) is 0 Å². The number of ether oxygens (including phenoxy) is 1. The van der Waals surface area contributed by atoms with E-state index in [4.69, 9.17) is 4.74 Å². The molecule has 1 aliphatic carbocycles. The van der Waals surface area contributed by atoms with E-state index in [0.717, 1.165) is 13.2 Å². The van der Waals surface area contributed by atoms with Gasteiger partial charge in [-0.15, -0.1) is 0 Å². The first-order valence-electron chi connectivity index (χ1n) is 5.72. The van der Waals surface area contributed by atoms with Gasteiger partial charge >= 0.3 is 0 Å². The van der Waals surface area contributed by atoms with Gasteiger partial charge < -0.3 is 15.2 Å². The molecule has 0 saturated heterocycles. The first kappa shape index (κ1) is 12.0. The molecule has 1 rings (SSSR count). The fourth-order valence-electron chi connectivity index (χ4n) is 2.11. The summed E-state index contributed by atoms with van der Waals surface area (Å²) in [6.07, 6.45) is 6.17. The summed E-state index contributed by atoms with van der Waals surface area (Å²) in [5, 5.41) is 13.1. The highest BCUT2D eigenvalue weighted by atomic mass is 16.5. The zero-order valence-electron chi connectivity index (χ0n) is 9.17. The van der Waals surface area contributed by atoms with E-state index in [2.05, 4.69) is 5.32 Å². The average molecular weight is 201 g/mol. The van der Waals surface area contributed by atoms with E-state index in [1.54, 1.807) is 7.11 Å². The highest BCUT2D eigenvalue weighted by Gasteiger charge is 2.20. The van der Waals surface area contributed by atoms with Crippen molar-refractivity contribution in [1.82, 2.24) is 5.32 Å². The standard InChI is InChI=1S/C11H23NO2/c1-14-8-7-12-9-11(13)10-5-3-2-4-6-10/h10-13H,2-9H2,1H3. The molecule has 0 bridgehead atoms. The Labute approximate surface area is 86.8 Å². The van der Waals surface area contributed by atoms with Gasteiger partial charge in [0.05, 0.1) is 12.7 Å². The molecule has 14 heavy (non-hydrogen) atoms. The van der Waals surface area contributed by atoms with E-state index in [-0.39, 0.29) is 6.10 Å². The van der Waals surface area contributed by atoms with Crippen LogP contribution in [-0.4, -0.2) is 38.0 Å². The van der Waals surface area contributed by atoms with Crippen LogP contribution in [0.15, 0.2) is 0 Å². The zero-order chi connectivity index (χ0) is 10.2. The maximum absolute atomic E-state index is 9.87. The van der Waals surface area contributed by atoms with Gasteiger partial charge in [-0.25, -0.2) is 0 Å². The Morgan fingerprint density at radius 2 is 2.07 bits per heavy atom. The highest BCUT2D eigenvalue weighted by molar-refractivity contribution is 4.74. The molecule has 0 aromatic carbocycles. The molecule has 1 atom stereocenters. The summed E-state index contributed by atoms with van der Waals surface area (Å²) in [7, 11) is 1.69. The van der Waals surface area contributed by atoms with E-state index in [0.29, 0.717) is 12.5 Å². The molecule has 0 heterocycles. The Hall–Kier alpha value is -0.120. The first-order chi connectivity index (χ1) is 6.84. The van der Waals surface area contributed by atoms with Crippen molar-refractivity contribution >= 4 is 0 Å². The van der Waals surface area contributed by atoms with Gasteiger partial charge in [-0.05, 0) is 18.8 Å². The van der Waals surface area contributed by atoms with E-state index in [1.165, 1.54) is 32.1 Å². The second-order valence-electron chi connectivity index (χ2n) is 4.16. The van der Waals surface area contributed by atoms with Crippen molar-refractivity contribution in [2.75, 3.05) is 26.8 Å². The number of nitrogens with one attached hydrogen (secondary N) is 1.